The standard InChI is InChI=1S/C24H28N4O2.C2HF3O2/c1-3-19-8-4-5-9-20(19)16-28-12-13-30-24(17-28)11-7-6-10-22(24)27-23(29)21-15-25-18(2)14-26-21;3-2(4,5)1(6)7/h1,4-5,8-9,14-15,22H,6-7,10-13,16-17H2,2H3,(H,27,29);(H,6,7). The summed E-state index contributed by atoms with van der Waals surface area (Å²) in [6, 6.07) is 8.02. The van der Waals surface area contributed by atoms with Crippen molar-refractivity contribution in [2.75, 3.05) is 19.7 Å². The van der Waals surface area contributed by atoms with Gasteiger partial charge in [0.15, 0.2) is 0 Å². The number of nitrogens with zero attached hydrogens (tertiary/aromatic N) is 3. The van der Waals surface area contributed by atoms with Crippen molar-refractivity contribution < 1.29 is 32.6 Å². The van der Waals surface area contributed by atoms with Crippen LogP contribution >= 0.6 is 0 Å². The van der Waals surface area contributed by atoms with Crippen LogP contribution in [0, 0.1) is 19.3 Å². The van der Waals surface area contributed by atoms with Gasteiger partial charge in [-0.1, -0.05) is 37.0 Å². The van der Waals surface area contributed by atoms with Crippen LogP contribution in [0.2, 0.25) is 0 Å². The molecule has 0 bridgehead atoms. The summed E-state index contributed by atoms with van der Waals surface area (Å²) in [6.07, 6.45) is 7.77. The number of aromatic nitrogens is 2. The van der Waals surface area contributed by atoms with Gasteiger partial charge < -0.3 is 15.2 Å². The van der Waals surface area contributed by atoms with Gasteiger partial charge in [-0.2, -0.15) is 13.2 Å². The van der Waals surface area contributed by atoms with E-state index in [9.17, 15) is 18.0 Å². The quantitative estimate of drug-likeness (QED) is 0.599. The van der Waals surface area contributed by atoms with Crippen molar-refractivity contribution >= 4 is 11.9 Å². The first-order valence-corrected chi connectivity index (χ1v) is 11.8. The molecular formula is C26H29F3N4O4. The molecule has 37 heavy (non-hydrogen) atoms. The molecule has 1 aliphatic carbocycles. The van der Waals surface area contributed by atoms with E-state index in [1.165, 1.54) is 6.20 Å². The Kier molecular flexibility index (Phi) is 9.23. The Morgan fingerprint density at radius 3 is 2.65 bits per heavy atom. The Labute approximate surface area is 213 Å². The van der Waals surface area contributed by atoms with Gasteiger partial charge in [0.2, 0.25) is 0 Å². The molecule has 8 nitrogen and oxygen atoms in total. The Bertz CT molecular complexity index is 1130. The lowest BCUT2D eigenvalue weighted by Gasteiger charge is -2.49. The largest absolute Gasteiger partial charge is 0.490 e. The number of benzene rings is 1. The van der Waals surface area contributed by atoms with Crippen molar-refractivity contribution in [1.29, 1.82) is 0 Å². The van der Waals surface area contributed by atoms with E-state index in [2.05, 4.69) is 32.2 Å². The summed E-state index contributed by atoms with van der Waals surface area (Å²) < 4.78 is 38.1. The molecule has 2 atom stereocenters. The lowest BCUT2D eigenvalue weighted by molar-refractivity contribution is -0.192. The molecule has 1 saturated carbocycles. The van der Waals surface area contributed by atoms with Gasteiger partial charge in [0, 0.05) is 31.4 Å². The molecule has 1 saturated heterocycles. The lowest BCUT2D eigenvalue weighted by Crippen LogP contribution is -2.64. The number of alkyl halides is 3. The van der Waals surface area contributed by atoms with Gasteiger partial charge in [-0.3, -0.25) is 14.7 Å². The highest BCUT2D eigenvalue weighted by atomic mass is 19.4. The van der Waals surface area contributed by atoms with Crippen LogP contribution in [0.1, 0.15) is 53.0 Å². The number of terminal acetylenes is 1. The van der Waals surface area contributed by atoms with Crippen LogP contribution in [0.25, 0.3) is 0 Å². The van der Waals surface area contributed by atoms with E-state index < -0.39 is 12.1 Å². The molecule has 2 aromatic rings. The van der Waals surface area contributed by atoms with Crippen LogP contribution in [0.15, 0.2) is 36.7 Å². The number of rotatable bonds is 4. The molecule has 2 fully saturated rings. The Morgan fingerprint density at radius 2 is 2.00 bits per heavy atom. The number of amides is 1. The van der Waals surface area contributed by atoms with E-state index in [1.54, 1.807) is 6.20 Å². The monoisotopic (exact) mass is 518 g/mol. The molecule has 1 aromatic carbocycles. The van der Waals surface area contributed by atoms with Crippen molar-refractivity contribution in [3.05, 3.63) is 59.2 Å². The molecule has 2 N–H and O–H groups in total. The summed E-state index contributed by atoms with van der Waals surface area (Å²) >= 11 is 0. The van der Waals surface area contributed by atoms with Gasteiger partial charge in [-0.25, -0.2) is 9.78 Å². The first kappa shape index (κ1) is 28.1. The minimum atomic E-state index is -5.08. The molecule has 198 valence electrons. The molecule has 4 rings (SSSR count). The van der Waals surface area contributed by atoms with Gasteiger partial charge in [0.25, 0.3) is 5.91 Å². The highest BCUT2D eigenvalue weighted by Gasteiger charge is 2.46. The van der Waals surface area contributed by atoms with E-state index in [0.29, 0.717) is 12.3 Å². The second-order valence-corrected chi connectivity index (χ2v) is 9.04. The Morgan fingerprint density at radius 1 is 1.27 bits per heavy atom. The van der Waals surface area contributed by atoms with E-state index in [-0.39, 0.29) is 17.6 Å². The first-order valence-electron chi connectivity index (χ1n) is 11.8. The van der Waals surface area contributed by atoms with Crippen molar-refractivity contribution in [2.24, 2.45) is 0 Å². The van der Waals surface area contributed by atoms with Crippen LogP contribution in [0.5, 0.6) is 0 Å². The first-order chi connectivity index (χ1) is 17.5. The van der Waals surface area contributed by atoms with Gasteiger partial charge in [-0.05, 0) is 31.4 Å². The van der Waals surface area contributed by atoms with E-state index in [1.807, 2.05) is 25.1 Å². The molecule has 1 aromatic heterocycles. The van der Waals surface area contributed by atoms with Gasteiger partial charge in [-0.15, -0.1) is 6.42 Å². The molecule has 2 heterocycles. The Hall–Kier alpha value is -3.49. The van der Waals surface area contributed by atoms with Crippen LogP contribution in [0.3, 0.4) is 0 Å². The van der Waals surface area contributed by atoms with Crippen LogP contribution in [0.4, 0.5) is 13.2 Å². The number of carbonyl (C=O) groups is 2. The van der Waals surface area contributed by atoms with Gasteiger partial charge in [0.05, 0.1) is 24.5 Å². The molecule has 2 aliphatic rings. The fourth-order valence-electron chi connectivity index (χ4n) is 4.57. The van der Waals surface area contributed by atoms with Crippen molar-refractivity contribution in [3.63, 3.8) is 0 Å². The van der Waals surface area contributed by atoms with E-state index in [4.69, 9.17) is 21.1 Å². The minimum absolute atomic E-state index is 0.0486. The number of aliphatic carboxylic acids is 1. The van der Waals surface area contributed by atoms with E-state index in [0.717, 1.165) is 62.1 Å². The molecule has 1 spiro atoms. The molecule has 0 radical (unpaired) electrons. The number of hydrogen-bond acceptors (Lipinski definition) is 6. The molecule has 2 unspecified atom stereocenters. The fourth-order valence-corrected chi connectivity index (χ4v) is 4.57. The van der Waals surface area contributed by atoms with E-state index >= 15 is 0 Å². The average molecular weight is 519 g/mol. The number of ether oxygens (including phenoxy) is 1. The third kappa shape index (κ3) is 7.50. The maximum atomic E-state index is 12.8. The molecular weight excluding hydrogens is 489 g/mol. The average Bonchev–Trinajstić information content (AvgIpc) is 2.86. The predicted molar refractivity (Wildman–Crippen MR) is 129 cm³/mol. The number of morpholine rings is 1. The summed E-state index contributed by atoms with van der Waals surface area (Å²) in [5, 5.41) is 10.3. The number of carboxylic acids is 1. The van der Waals surface area contributed by atoms with Crippen molar-refractivity contribution in [3.8, 4) is 12.3 Å². The second kappa shape index (κ2) is 12.2. The highest BCUT2D eigenvalue weighted by Crippen LogP contribution is 2.35. The number of hydrogen-bond donors (Lipinski definition) is 2. The summed E-state index contributed by atoms with van der Waals surface area (Å²) in [7, 11) is 0. The third-order valence-corrected chi connectivity index (χ3v) is 6.39. The highest BCUT2D eigenvalue weighted by molar-refractivity contribution is 5.92. The molecule has 11 heteroatoms. The maximum Gasteiger partial charge on any atom is 0.490 e. The SMILES string of the molecule is C#Cc1ccccc1CN1CCOC2(CCCCC2NC(=O)c2cnc(C)cn2)C1.O=C(O)C(F)(F)F. The van der Waals surface area contributed by atoms with Gasteiger partial charge in [0.1, 0.15) is 11.3 Å². The van der Waals surface area contributed by atoms with Crippen LogP contribution in [-0.2, 0) is 16.1 Å². The minimum Gasteiger partial charge on any atom is -0.475 e. The number of halogens is 3. The molecule has 1 aliphatic heterocycles. The number of nitrogens with one attached hydrogen (secondary N) is 1. The Balaban J connectivity index is 0.000000479. The topological polar surface area (TPSA) is 105 Å². The summed E-state index contributed by atoms with van der Waals surface area (Å²) in [5.41, 5.74) is 2.85. The predicted octanol–water partition coefficient (Wildman–Crippen LogP) is 3.34. The smallest absolute Gasteiger partial charge is 0.475 e. The summed E-state index contributed by atoms with van der Waals surface area (Å²) in [4.78, 5) is 32.5. The third-order valence-electron chi connectivity index (χ3n) is 6.39. The molecule has 1 amide bonds. The van der Waals surface area contributed by atoms with Crippen LogP contribution in [-0.4, -0.2) is 69.4 Å². The van der Waals surface area contributed by atoms with Gasteiger partial charge >= 0.3 is 12.1 Å². The number of carboxylic acid groups (broad SMARTS) is 1. The fraction of sp³-hybridized carbons (Fsp3) is 0.462. The zero-order valence-electron chi connectivity index (χ0n) is 20.4. The van der Waals surface area contributed by atoms with Crippen molar-refractivity contribution in [2.45, 2.75) is 57.0 Å². The number of aryl methyl sites for hydroxylation is 1. The summed E-state index contributed by atoms with van der Waals surface area (Å²) in [6.45, 7) is 4.92. The number of carbonyl (C=O) groups excluding carboxylic acids is 1. The zero-order valence-corrected chi connectivity index (χ0v) is 20.4. The van der Waals surface area contributed by atoms with Crippen molar-refractivity contribution in [1.82, 2.24) is 20.2 Å². The zero-order chi connectivity index (χ0) is 27.1. The maximum absolute atomic E-state index is 12.8. The lowest BCUT2D eigenvalue weighted by atomic mass is 9.78. The normalized spacial score (nSPS) is 21.9. The van der Waals surface area contributed by atoms with Crippen LogP contribution < -0.4 is 5.32 Å². The second-order valence-electron chi connectivity index (χ2n) is 9.04. The summed E-state index contributed by atoms with van der Waals surface area (Å²) in [5.74, 6) is -0.159.